The van der Waals surface area contributed by atoms with Crippen molar-refractivity contribution in [3.63, 3.8) is 0 Å². The molecule has 2 atom stereocenters. The number of esters is 2. The fraction of sp³-hybridized carbons (Fsp3) is 0.818. The zero-order valence-corrected chi connectivity index (χ0v) is 29.1. The lowest BCUT2D eigenvalue weighted by Crippen LogP contribution is -2.30. The lowest BCUT2D eigenvalue weighted by Gasteiger charge is -2.20. The Balaban J connectivity index is 4.62. The van der Waals surface area contributed by atoms with E-state index in [0.717, 1.165) is 44.6 Å². The van der Waals surface area contributed by atoms with E-state index < -0.39 is 51.0 Å². The second kappa shape index (κ2) is 30.1. The van der Waals surface area contributed by atoms with Crippen molar-refractivity contribution >= 4 is 31.6 Å². The zero-order chi connectivity index (χ0) is 34.3. The van der Waals surface area contributed by atoms with Gasteiger partial charge in [-0.3, -0.25) is 23.4 Å². The molecule has 2 unspecified atom stereocenters. The van der Waals surface area contributed by atoms with Crippen molar-refractivity contribution in [2.45, 2.75) is 148 Å². The van der Waals surface area contributed by atoms with Crippen LogP contribution in [0.3, 0.4) is 0 Å². The average molecular weight is 678 g/mol. The van der Waals surface area contributed by atoms with Gasteiger partial charge in [-0.05, 0) is 12.8 Å². The van der Waals surface area contributed by atoms with Crippen molar-refractivity contribution < 1.29 is 52.3 Å². The van der Waals surface area contributed by atoms with Gasteiger partial charge < -0.3 is 24.8 Å². The average Bonchev–Trinajstić information content (AvgIpc) is 3.01. The van der Waals surface area contributed by atoms with Gasteiger partial charge in [0.15, 0.2) is 6.10 Å². The number of unbranched alkanes of at least 4 members (excludes halogenated alkanes) is 16. The fourth-order valence-corrected chi connectivity index (χ4v) is 5.29. The molecule has 1 amide bonds. The number of rotatable bonds is 32. The van der Waals surface area contributed by atoms with Gasteiger partial charge in [0.2, 0.25) is 5.91 Å². The maximum Gasteiger partial charge on any atom is 0.472 e. The van der Waals surface area contributed by atoms with Crippen LogP contribution >= 0.6 is 7.82 Å². The van der Waals surface area contributed by atoms with E-state index in [1.165, 1.54) is 64.2 Å². The highest BCUT2D eigenvalue weighted by Crippen LogP contribution is 2.43. The van der Waals surface area contributed by atoms with Crippen molar-refractivity contribution in [3.8, 4) is 0 Å². The van der Waals surface area contributed by atoms with E-state index in [1.54, 1.807) is 0 Å². The molecular weight excluding hydrogens is 617 g/mol. The molecule has 0 spiro atoms. The minimum absolute atomic E-state index is 0.169. The molecule has 0 aliphatic carbocycles. The Labute approximate surface area is 276 Å². The smallest absolute Gasteiger partial charge is 0.472 e. The summed E-state index contributed by atoms with van der Waals surface area (Å²) in [5, 5.41) is 10.8. The summed E-state index contributed by atoms with van der Waals surface area (Å²) in [6.45, 7) is 2.91. The molecule has 0 aliphatic rings. The Morgan fingerprint density at radius 3 is 1.65 bits per heavy atom. The molecule has 0 saturated carbocycles. The van der Waals surface area contributed by atoms with E-state index in [-0.39, 0.29) is 26.0 Å². The van der Waals surface area contributed by atoms with Crippen molar-refractivity contribution in [2.24, 2.45) is 0 Å². The van der Waals surface area contributed by atoms with Gasteiger partial charge in [-0.15, -0.1) is 0 Å². The van der Waals surface area contributed by atoms with Gasteiger partial charge >= 0.3 is 25.7 Å². The summed E-state index contributed by atoms with van der Waals surface area (Å²) in [6, 6.07) is 0. The van der Waals surface area contributed by atoms with Crippen LogP contribution in [0, 0.1) is 0 Å². The summed E-state index contributed by atoms with van der Waals surface area (Å²) in [6.07, 6.45) is 20.6. The molecule has 0 radical (unpaired) electrons. The molecule has 3 N–H and O–H groups in total. The predicted octanol–water partition coefficient (Wildman–Crippen LogP) is 7.17. The third-order valence-electron chi connectivity index (χ3n) is 7.15. The number of carbonyl (C=O) groups is 4. The van der Waals surface area contributed by atoms with Crippen LogP contribution in [0.25, 0.3) is 0 Å². The van der Waals surface area contributed by atoms with Crippen LogP contribution in [0.2, 0.25) is 0 Å². The first-order valence-corrected chi connectivity index (χ1v) is 18.7. The monoisotopic (exact) mass is 677 g/mol. The van der Waals surface area contributed by atoms with Crippen LogP contribution in [-0.2, 0) is 42.3 Å². The number of nitrogens with one attached hydrogen (secondary N) is 1. The van der Waals surface area contributed by atoms with Gasteiger partial charge in [-0.25, -0.2) is 9.36 Å². The topological polar surface area (TPSA) is 175 Å². The molecule has 268 valence electrons. The number of carboxylic acids is 1. The minimum atomic E-state index is -4.61. The number of hydrogen-bond acceptors (Lipinski definition) is 9. The summed E-state index contributed by atoms with van der Waals surface area (Å²) >= 11 is 0. The highest BCUT2D eigenvalue weighted by atomic mass is 31.2. The molecule has 46 heavy (non-hydrogen) atoms. The van der Waals surface area contributed by atoms with Crippen LogP contribution in [0.4, 0.5) is 0 Å². The van der Waals surface area contributed by atoms with Crippen molar-refractivity contribution in [3.05, 3.63) is 12.2 Å². The van der Waals surface area contributed by atoms with E-state index in [0.29, 0.717) is 18.9 Å². The van der Waals surface area contributed by atoms with Crippen LogP contribution in [0.1, 0.15) is 142 Å². The number of amides is 1. The maximum atomic E-state index is 12.5. The quantitative estimate of drug-likeness (QED) is 0.0285. The summed E-state index contributed by atoms with van der Waals surface area (Å²) in [5.74, 6) is -2.98. The molecule has 0 saturated heterocycles. The Bertz CT molecular complexity index is 897. The molecule has 0 aromatic carbocycles. The molecule has 0 aromatic rings. The Hall–Kier alpha value is -2.27. The van der Waals surface area contributed by atoms with E-state index in [1.807, 2.05) is 0 Å². The first-order chi connectivity index (χ1) is 22.1. The third kappa shape index (κ3) is 30.4. The van der Waals surface area contributed by atoms with Gasteiger partial charge in [0.1, 0.15) is 6.61 Å². The Morgan fingerprint density at radius 1 is 0.674 bits per heavy atom. The second-order valence-electron chi connectivity index (χ2n) is 11.5. The molecule has 0 aromatic heterocycles. The largest absolute Gasteiger partial charge is 0.478 e. The van der Waals surface area contributed by atoms with Crippen LogP contribution in [0.15, 0.2) is 12.2 Å². The molecular formula is C33H60NO11P. The van der Waals surface area contributed by atoms with Gasteiger partial charge in [0.25, 0.3) is 0 Å². The van der Waals surface area contributed by atoms with Gasteiger partial charge in [-0.1, -0.05) is 117 Å². The van der Waals surface area contributed by atoms with E-state index in [9.17, 15) is 28.6 Å². The van der Waals surface area contributed by atoms with Crippen molar-refractivity contribution in [2.75, 3.05) is 26.4 Å². The van der Waals surface area contributed by atoms with Crippen molar-refractivity contribution in [1.29, 1.82) is 0 Å². The summed E-state index contributed by atoms with van der Waals surface area (Å²) in [4.78, 5) is 56.7. The molecule has 0 heterocycles. The third-order valence-corrected chi connectivity index (χ3v) is 8.14. The number of phosphoric ester groups is 1. The number of carboxylic acid groups (broad SMARTS) is 1. The molecule has 0 rings (SSSR count). The highest BCUT2D eigenvalue weighted by molar-refractivity contribution is 7.47. The molecule has 12 nitrogen and oxygen atoms in total. The van der Waals surface area contributed by atoms with E-state index >= 15 is 0 Å². The number of ether oxygens (including phenoxy) is 2. The molecule has 0 fully saturated rings. The predicted molar refractivity (Wildman–Crippen MR) is 176 cm³/mol. The van der Waals surface area contributed by atoms with E-state index in [2.05, 4.69) is 19.2 Å². The van der Waals surface area contributed by atoms with Gasteiger partial charge in [0.05, 0.1) is 13.2 Å². The maximum absolute atomic E-state index is 12.5. The normalized spacial score (nSPS) is 13.3. The SMILES string of the molecule is CCCCCCCCCCCC(=O)OCC(COP(=O)(O)OCCNC(=O)/C=C\C(=O)O)OC(=O)CCCCCCCCCCC. The standard InChI is InChI=1S/C33H60NO11P/c1-3-5-7-9-11-13-15-17-19-21-32(38)42-27-29(45-33(39)22-20-18-16-14-12-10-8-6-4-2)28-44-46(40,41)43-26-25-34-30(35)23-24-31(36)37/h23-24,29H,3-22,25-28H2,1-2H3,(H,34,35)(H,36,37)(H,40,41)/b24-23-. The van der Waals surface area contributed by atoms with Gasteiger partial charge in [0, 0.05) is 31.5 Å². The molecule has 13 heteroatoms. The van der Waals surface area contributed by atoms with Gasteiger partial charge in [-0.2, -0.15) is 0 Å². The van der Waals surface area contributed by atoms with Crippen molar-refractivity contribution in [1.82, 2.24) is 5.32 Å². The van der Waals surface area contributed by atoms with Crippen LogP contribution in [-0.4, -0.2) is 66.3 Å². The van der Waals surface area contributed by atoms with E-state index in [4.69, 9.17) is 23.6 Å². The second-order valence-corrected chi connectivity index (χ2v) is 13.0. The first-order valence-electron chi connectivity index (χ1n) is 17.2. The summed E-state index contributed by atoms with van der Waals surface area (Å²) in [7, 11) is -4.61. The number of phosphoric acid groups is 1. The molecule has 0 aliphatic heterocycles. The number of hydrogen-bond donors (Lipinski definition) is 3. The number of carbonyl (C=O) groups excluding carboxylic acids is 3. The fourth-order valence-electron chi connectivity index (χ4n) is 4.53. The van der Waals surface area contributed by atoms with Crippen LogP contribution in [0.5, 0.6) is 0 Å². The summed E-state index contributed by atoms with van der Waals surface area (Å²) in [5.41, 5.74) is 0. The lowest BCUT2D eigenvalue weighted by atomic mass is 10.1. The molecule has 0 bridgehead atoms. The summed E-state index contributed by atoms with van der Waals surface area (Å²) < 4.78 is 32.8. The minimum Gasteiger partial charge on any atom is -0.478 e. The Morgan fingerprint density at radius 2 is 1.15 bits per heavy atom. The first kappa shape index (κ1) is 43.7. The Kier molecular flexibility index (Phi) is 28.6. The number of aliphatic carboxylic acids is 1. The zero-order valence-electron chi connectivity index (χ0n) is 28.2. The highest BCUT2D eigenvalue weighted by Gasteiger charge is 2.26. The lowest BCUT2D eigenvalue weighted by molar-refractivity contribution is -0.161. The van der Waals surface area contributed by atoms with Crippen LogP contribution < -0.4 is 5.32 Å².